The van der Waals surface area contributed by atoms with Crippen molar-refractivity contribution in [2.45, 2.75) is 26.7 Å². The van der Waals surface area contributed by atoms with Crippen molar-refractivity contribution in [1.29, 1.82) is 0 Å². The van der Waals surface area contributed by atoms with E-state index in [2.05, 4.69) is 29.7 Å². The predicted molar refractivity (Wildman–Crippen MR) is 96.0 cm³/mol. The molecule has 0 atom stereocenters. The van der Waals surface area contributed by atoms with Gasteiger partial charge in [0, 0.05) is 5.69 Å². The number of carbonyl (C=O) groups is 2. The summed E-state index contributed by atoms with van der Waals surface area (Å²) < 4.78 is 0. The van der Waals surface area contributed by atoms with E-state index in [1.165, 1.54) is 11.8 Å². The molecule has 124 valence electrons. The van der Waals surface area contributed by atoms with Gasteiger partial charge in [0.05, 0.1) is 6.21 Å². The first-order chi connectivity index (χ1) is 11.6. The van der Waals surface area contributed by atoms with Gasteiger partial charge in [-0.1, -0.05) is 50.2 Å². The number of hydrazone groups is 1. The van der Waals surface area contributed by atoms with Gasteiger partial charge in [0.1, 0.15) is 0 Å². The van der Waals surface area contributed by atoms with Crippen LogP contribution in [0.25, 0.3) is 0 Å². The van der Waals surface area contributed by atoms with Crippen LogP contribution in [0.4, 0.5) is 5.69 Å². The minimum atomic E-state index is -0.809. The molecule has 5 nitrogen and oxygen atoms in total. The van der Waals surface area contributed by atoms with Crippen LogP contribution in [0.2, 0.25) is 0 Å². The second-order valence-corrected chi connectivity index (χ2v) is 5.30. The second kappa shape index (κ2) is 8.62. The van der Waals surface area contributed by atoms with Gasteiger partial charge in [0.25, 0.3) is 0 Å². The molecule has 2 aromatic carbocycles. The Hall–Kier alpha value is -2.95. The second-order valence-electron chi connectivity index (χ2n) is 5.30. The molecule has 5 heteroatoms. The number of hydrogen-bond donors (Lipinski definition) is 2. The fourth-order valence-electron chi connectivity index (χ4n) is 2.07. The quantitative estimate of drug-likeness (QED) is 0.504. The summed E-state index contributed by atoms with van der Waals surface area (Å²) in [6.45, 7) is 4.13. The molecule has 0 aliphatic rings. The average Bonchev–Trinajstić information content (AvgIpc) is 2.62. The van der Waals surface area contributed by atoms with E-state index >= 15 is 0 Å². The lowest BCUT2D eigenvalue weighted by Crippen LogP contribution is -2.32. The van der Waals surface area contributed by atoms with E-state index in [-0.39, 0.29) is 0 Å². The summed E-state index contributed by atoms with van der Waals surface area (Å²) in [6.07, 6.45) is 3.39. The minimum Gasteiger partial charge on any atom is -0.318 e. The Morgan fingerprint density at radius 2 is 1.42 bits per heavy atom. The van der Waals surface area contributed by atoms with Crippen LogP contribution in [0.1, 0.15) is 30.5 Å². The molecule has 0 aliphatic heterocycles. The van der Waals surface area contributed by atoms with E-state index in [4.69, 9.17) is 0 Å². The highest BCUT2D eigenvalue weighted by Crippen LogP contribution is 2.09. The van der Waals surface area contributed by atoms with Gasteiger partial charge >= 0.3 is 11.8 Å². The first-order valence-electron chi connectivity index (χ1n) is 7.94. The lowest BCUT2D eigenvalue weighted by Gasteiger charge is -2.04. The zero-order valence-corrected chi connectivity index (χ0v) is 13.9. The largest absolute Gasteiger partial charge is 0.329 e. The lowest BCUT2D eigenvalue weighted by molar-refractivity contribution is -0.136. The van der Waals surface area contributed by atoms with Crippen molar-refractivity contribution in [3.63, 3.8) is 0 Å². The molecule has 0 spiro atoms. The van der Waals surface area contributed by atoms with Crippen molar-refractivity contribution in [1.82, 2.24) is 5.43 Å². The number of aryl methyl sites for hydroxylation is 2. The van der Waals surface area contributed by atoms with E-state index in [1.807, 2.05) is 36.4 Å². The summed E-state index contributed by atoms with van der Waals surface area (Å²) in [6, 6.07) is 15.2. The number of benzene rings is 2. The summed E-state index contributed by atoms with van der Waals surface area (Å²) in [5, 5.41) is 6.33. The van der Waals surface area contributed by atoms with E-state index in [0.29, 0.717) is 5.69 Å². The fourth-order valence-corrected chi connectivity index (χ4v) is 2.07. The number of anilines is 1. The van der Waals surface area contributed by atoms with Crippen molar-refractivity contribution >= 4 is 23.7 Å². The van der Waals surface area contributed by atoms with Gasteiger partial charge in [-0.3, -0.25) is 9.59 Å². The molecule has 2 amide bonds. The van der Waals surface area contributed by atoms with Crippen LogP contribution in [0.3, 0.4) is 0 Å². The Morgan fingerprint density at radius 3 is 1.96 bits per heavy atom. The molecular weight excluding hydrogens is 302 g/mol. The molecule has 2 N–H and O–H groups in total. The summed E-state index contributed by atoms with van der Waals surface area (Å²) in [7, 11) is 0. The predicted octanol–water partition coefficient (Wildman–Crippen LogP) is 2.90. The number of hydrogen-bond acceptors (Lipinski definition) is 3. The Bertz CT molecular complexity index is 719. The summed E-state index contributed by atoms with van der Waals surface area (Å²) in [5.74, 6) is -1.56. The summed E-state index contributed by atoms with van der Waals surface area (Å²) in [4.78, 5) is 23.5. The maximum atomic E-state index is 11.8. The number of nitrogens with one attached hydrogen (secondary N) is 2. The van der Waals surface area contributed by atoms with Crippen molar-refractivity contribution in [3.05, 3.63) is 65.2 Å². The maximum absolute atomic E-state index is 11.8. The van der Waals surface area contributed by atoms with Gasteiger partial charge in [-0.2, -0.15) is 5.10 Å². The van der Waals surface area contributed by atoms with Crippen LogP contribution in [-0.2, 0) is 22.4 Å². The van der Waals surface area contributed by atoms with Crippen LogP contribution in [-0.4, -0.2) is 18.0 Å². The molecule has 0 heterocycles. The summed E-state index contributed by atoms with van der Waals surface area (Å²) in [5.41, 5.74) is 6.04. The average molecular weight is 323 g/mol. The van der Waals surface area contributed by atoms with Crippen LogP contribution in [0.15, 0.2) is 53.6 Å². The number of rotatable bonds is 5. The highest BCUT2D eigenvalue weighted by atomic mass is 16.2. The molecule has 0 fully saturated rings. The lowest BCUT2D eigenvalue weighted by atomic mass is 10.1. The third-order valence-electron chi connectivity index (χ3n) is 3.59. The smallest absolute Gasteiger partial charge is 0.318 e. The molecule has 24 heavy (non-hydrogen) atoms. The number of carbonyl (C=O) groups excluding carboxylic acids is 2. The Balaban J connectivity index is 1.86. The number of nitrogens with zero attached hydrogens (tertiary/aromatic N) is 1. The topological polar surface area (TPSA) is 70.6 Å². The van der Waals surface area contributed by atoms with Crippen molar-refractivity contribution in [3.8, 4) is 0 Å². The van der Waals surface area contributed by atoms with Crippen LogP contribution in [0.5, 0.6) is 0 Å². The van der Waals surface area contributed by atoms with E-state index in [9.17, 15) is 9.59 Å². The third-order valence-corrected chi connectivity index (χ3v) is 3.59. The molecule has 0 bridgehead atoms. The van der Waals surface area contributed by atoms with E-state index in [1.54, 1.807) is 12.1 Å². The van der Waals surface area contributed by atoms with Crippen LogP contribution < -0.4 is 10.7 Å². The van der Waals surface area contributed by atoms with Gasteiger partial charge in [0.2, 0.25) is 0 Å². The molecule has 2 aromatic rings. The molecule has 0 saturated heterocycles. The van der Waals surface area contributed by atoms with Crippen LogP contribution in [0, 0.1) is 0 Å². The third kappa shape index (κ3) is 5.05. The molecular formula is C19H21N3O2. The summed E-state index contributed by atoms with van der Waals surface area (Å²) >= 11 is 0. The first kappa shape index (κ1) is 17.4. The van der Waals surface area contributed by atoms with Crippen LogP contribution >= 0.6 is 0 Å². The fraction of sp³-hybridized carbons (Fsp3) is 0.211. The van der Waals surface area contributed by atoms with Gasteiger partial charge < -0.3 is 5.32 Å². The monoisotopic (exact) mass is 323 g/mol. The standard InChI is InChI=1S/C19H21N3O2/c1-3-14-5-7-16(8-6-14)13-20-22-19(24)18(23)21-17-11-9-15(4-2)10-12-17/h5-13H,3-4H2,1-2H3,(H,21,23)(H,22,24)/b20-13-. The maximum Gasteiger partial charge on any atom is 0.329 e. The zero-order chi connectivity index (χ0) is 17.4. The Morgan fingerprint density at radius 1 is 0.875 bits per heavy atom. The van der Waals surface area contributed by atoms with Gasteiger partial charge in [-0.05, 0) is 41.7 Å². The van der Waals surface area contributed by atoms with Crippen molar-refractivity contribution in [2.75, 3.05) is 5.32 Å². The van der Waals surface area contributed by atoms with Gasteiger partial charge in [0.15, 0.2) is 0 Å². The zero-order valence-electron chi connectivity index (χ0n) is 13.9. The SMILES string of the molecule is CCc1ccc(/C=N\NC(=O)C(=O)Nc2ccc(CC)cc2)cc1. The molecule has 0 aliphatic carbocycles. The molecule has 2 rings (SSSR count). The van der Waals surface area contributed by atoms with E-state index in [0.717, 1.165) is 24.0 Å². The Labute approximate surface area is 141 Å². The first-order valence-corrected chi connectivity index (χ1v) is 7.94. The van der Waals surface area contributed by atoms with Crippen molar-refractivity contribution < 1.29 is 9.59 Å². The van der Waals surface area contributed by atoms with Crippen molar-refractivity contribution in [2.24, 2.45) is 5.10 Å². The molecule has 0 aromatic heterocycles. The van der Waals surface area contributed by atoms with E-state index < -0.39 is 11.8 Å². The number of amides is 2. The highest BCUT2D eigenvalue weighted by Gasteiger charge is 2.12. The molecule has 0 unspecified atom stereocenters. The molecule has 0 saturated carbocycles. The molecule has 0 radical (unpaired) electrons. The Kier molecular flexibility index (Phi) is 6.25. The van der Waals surface area contributed by atoms with Gasteiger partial charge in [-0.25, -0.2) is 5.43 Å². The van der Waals surface area contributed by atoms with Gasteiger partial charge in [-0.15, -0.1) is 0 Å². The minimum absolute atomic E-state index is 0.575. The highest BCUT2D eigenvalue weighted by molar-refractivity contribution is 6.39. The normalized spacial score (nSPS) is 10.6.